The molecule has 0 bridgehead atoms. The second-order valence-electron chi connectivity index (χ2n) is 5.80. The van der Waals surface area contributed by atoms with Crippen molar-refractivity contribution in [3.05, 3.63) is 17.5 Å². The molecule has 1 aliphatic heterocycles. The Morgan fingerprint density at radius 2 is 2.24 bits per heavy atom. The zero-order chi connectivity index (χ0) is 15.6. The van der Waals surface area contributed by atoms with Gasteiger partial charge in [-0.05, 0) is 44.9 Å². The first-order chi connectivity index (χ1) is 9.76. The molecular weight excluding hydrogens is 314 g/mol. The van der Waals surface area contributed by atoms with Crippen LogP contribution in [-0.2, 0) is 15.5 Å². The molecular formula is C13H18ClN3O3S. The number of amides is 1. The lowest BCUT2D eigenvalue weighted by atomic mass is 10.2. The minimum atomic E-state index is -1.31. The van der Waals surface area contributed by atoms with E-state index >= 15 is 0 Å². The summed E-state index contributed by atoms with van der Waals surface area (Å²) in [6.07, 6.45) is 1.75. The van der Waals surface area contributed by atoms with Gasteiger partial charge in [0, 0.05) is 19.3 Å². The van der Waals surface area contributed by atoms with E-state index in [1.54, 1.807) is 11.0 Å². The monoisotopic (exact) mass is 331 g/mol. The number of rotatable bonds is 2. The molecule has 2 rings (SSSR count). The minimum Gasteiger partial charge on any atom is -0.444 e. The lowest BCUT2D eigenvalue weighted by molar-refractivity contribution is 0.0295. The Kier molecular flexibility index (Phi) is 4.83. The highest BCUT2D eigenvalue weighted by Gasteiger charge is 2.33. The first-order valence-electron chi connectivity index (χ1n) is 6.63. The average molecular weight is 332 g/mol. The summed E-state index contributed by atoms with van der Waals surface area (Å²) < 4.78 is 17.8. The Balaban J connectivity index is 1.99. The molecule has 116 valence electrons. The van der Waals surface area contributed by atoms with Crippen LogP contribution in [0.15, 0.2) is 17.3 Å². The second kappa shape index (κ2) is 6.27. The molecule has 21 heavy (non-hydrogen) atoms. The van der Waals surface area contributed by atoms with Gasteiger partial charge < -0.3 is 9.64 Å². The number of hydrogen-bond donors (Lipinski definition) is 0. The van der Waals surface area contributed by atoms with E-state index in [2.05, 4.69) is 9.97 Å². The van der Waals surface area contributed by atoms with E-state index in [4.69, 9.17) is 16.3 Å². The van der Waals surface area contributed by atoms with E-state index in [0.717, 1.165) is 0 Å². The number of halogens is 1. The molecule has 2 atom stereocenters. The van der Waals surface area contributed by atoms with Crippen LogP contribution in [0.5, 0.6) is 0 Å². The predicted octanol–water partition coefficient (Wildman–Crippen LogP) is 2.25. The van der Waals surface area contributed by atoms with Crippen molar-refractivity contribution in [1.82, 2.24) is 14.9 Å². The smallest absolute Gasteiger partial charge is 0.410 e. The van der Waals surface area contributed by atoms with E-state index < -0.39 is 16.4 Å². The molecule has 0 aliphatic carbocycles. The largest absolute Gasteiger partial charge is 0.444 e. The van der Waals surface area contributed by atoms with E-state index in [-0.39, 0.29) is 16.6 Å². The van der Waals surface area contributed by atoms with Crippen LogP contribution in [0.2, 0.25) is 5.28 Å². The van der Waals surface area contributed by atoms with Crippen molar-refractivity contribution in [2.24, 2.45) is 0 Å². The highest BCUT2D eigenvalue weighted by atomic mass is 35.5. The second-order valence-corrected chi connectivity index (χ2v) is 7.82. The van der Waals surface area contributed by atoms with E-state index in [0.29, 0.717) is 24.5 Å². The van der Waals surface area contributed by atoms with Crippen LogP contribution in [0.3, 0.4) is 0 Å². The molecule has 0 N–H and O–H groups in total. The zero-order valence-electron chi connectivity index (χ0n) is 12.2. The van der Waals surface area contributed by atoms with E-state index in [9.17, 15) is 9.00 Å². The first-order valence-corrected chi connectivity index (χ1v) is 8.22. The number of aromatic nitrogens is 2. The summed E-state index contributed by atoms with van der Waals surface area (Å²) in [5.41, 5.74) is -0.533. The Hall–Kier alpha value is -1.21. The van der Waals surface area contributed by atoms with Gasteiger partial charge in [0.25, 0.3) is 0 Å². The van der Waals surface area contributed by atoms with E-state index in [1.807, 2.05) is 20.8 Å². The summed E-state index contributed by atoms with van der Waals surface area (Å²) in [5.74, 6) is 0. The molecule has 1 aromatic rings. The third-order valence-electron chi connectivity index (χ3n) is 2.91. The Morgan fingerprint density at radius 3 is 2.86 bits per heavy atom. The fourth-order valence-electron chi connectivity index (χ4n) is 2.00. The molecule has 0 aromatic carbocycles. The highest BCUT2D eigenvalue weighted by molar-refractivity contribution is 7.85. The highest BCUT2D eigenvalue weighted by Crippen LogP contribution is 2.21. The van der Waals surface area contributed by atoms with Crippen LogP contribution in [0, 0.1) is 0 Å². The van der Waals surface area contributed by atoms with Gasteiger partial charge in [-0.3, -0.25) is 4.21 Å². The SMILES string of the molecule is CC(C)(C)OC(=O)N1CCC(S(=O)c2ccnc(Cl)n2)C1. The number of likely N-dealkylation sites (tertiary alicyclic amines) is 1. The fraction of sp³-hybridized carbons (Fsp3) is 0.615. The van der Waals surface area contributed by atoms with Crippen LogP contribution in [0.25, 0.3) is 0 Å². The topological polar surface area (TPSA) is 72.4 Å². The summed E-state index contributed by atoms with van der Waals surface area (Å²) in [6, 6.07) is 1.58. The van der Waals surface area contributed by atoms with Crippen molar-refractivity contribution in [3.63, 3.8) is 0 Å². The lowest BCUT2D eigenvalue weighted by Crippen LogP contribution is -2.36. The summed E-state index contributed by atoms with van der Waals surface area (Å²) in [4.78, 5) is 21.3. The van der Waals surface area contributed by atoms with Crippen LogP contribution < -0.4 is 0 Å². The number of hydrogen-bond acceptors (Lipinski definition) is 5. The zero-order valence-corrected chi connectivity index (χ0v) is 13.8. The van der Waals surface area contributed by atoms with Crippen molar-refractivity contribution in [3.8, 4) is 0 Å². The van der Waals surface area contributed by atoms with Crippen molar-refractivity contribution in [1.29, 1.82) is 0 Å². The van der Waals surface area contributed by atoms with Gasteiger partial charge in [-0.2, -0.15) is 0 Å². The summed E-state index contributed by atoms with van der Waals surface area (Å²) in [6.45, 7) is 6.38. The fourth-order valence-corrected chi connectivity index (χ4v) is 3.54. The standard InChI is InChI=1S/C13H18ClN3O3S/c1-13(2,3)20-12(18)17-7-5-9(8-17)21(19)10-4-6-15-11(14)16-10/h4,6,9H,5,7-8H2,1-3H3. The Labute approximate surface area is 131 Å². The quantitative estimate of drug-likeness (QED) is 0.614. The van der Waals surface area contributed by atoms with Gasteiger partial charge in [-0.1, -0.05) is 0 Å². The number of nitrogens with zero attached hydrogens (tertiary/aromatic N) is 3. The van der Waals surface area contributed by atoms with Crippen LogP contribution in [-0.4, -0.2) is 49.1 Å². The maximum absolute atomic E-state index is 12.4. The molecule has 1 aromatic heterocycles. The number of carbonyl (C=O) groups excluding carboxylic acids is 1. The maximum Gasteiger partial charge on any atom is 0.410 e. The molecule has 8 heteroatoms. The lowest BCUT2D eigenvalue weighted by Gasteiger charge is -2.24. The van der Waals surface area contributed by atoms with Gasteiger partial charge >= 0.3 is 6.09 Å². The van der Waals surface area contributed by atoms with Crippen molar-refractivity contribution >= 4 is 28.5 Å². The van der Waals surface area contributed by atoms with Gasteiger partial charge in [0.2, 0.25) is 5.28 Å². The third-order valence-corrected chi connectivity index (χ3v) is 4.72. The van der Waals surface area contributed by atoms with Crippen molar-refractivity contribution in [2.45, 2.75) is 43.1 Å². The summed E-state index contributed by atoms with van der Waals surface area (Å²) in [7, 11) is -1.31. The molecule has 0 spiro atoms. The molecule has 6 nitrogen and oxygen atoms in total. The third kappa shape index (κ3) is 4.38. The molecule has 0 radical (unpaired) electrons. The van der Waals surface area contributed by atoms with Gasteiger partial charge in [-0.25, -0.2) is 14.8 Å². The van der Waals surface area contributed by atoms with Gasteiger partial charge in [0.15, 0.2) is 0 Å². The number of ether oxygens (including phenoxy) is 1. The molecule has 0 saturated carbocycles. The normalized spacial score (nSPS) is 20.4. The molecule has 2 unspecified atom stereocenters. The van der Waals surface area contributed by atoms with Crippen LogP contribution >= 0.6 is 11.6 Å². The van der Waals surface area contributed by atoms with Gasteiger partial charge in [0.05, 0.1) is 16.0 Å². The minimum absolute atomic E-state index is 0.0721. The van der Waals surface area contributed by atoms with Crippen LogP contribution in [0.4, 0.5) is 4.79 Å². The summed E-state index contributed by atoms with van der Waals surface area (Å²) in [5, 5.41) is 0.303. The van der Waals surface area contributed by atoms with Crippen LogP contribution in [0.1, 0.15) is 27.2 Å². The molecule has 1 saturated heterocycles. The molecule has 1 amide bonds. The predicted molar refractivity (Wildman–Crippen MR) is 79.7 cm³/mol. The number of carbonyl (C=O) groups is 1. The Morgan fingerprint density at radius 1 is 1.52 bits per heavy atom. The van der Waals surface area contributed by atoms with Crippen molar-refractivity contribution < 1.29 is 13.7 Å². The average Bonchev–Trinajstić information content (AvgIpc) is 2.85. The molecule has 1 aliphatic rings. The summed E-state index contributed by atoms with van der Waals surface area (Å²) >= 11 is 5.71. The molecule has 2 heterocycles. The maximum atomic E-state index is 12.4. The molecule has 1 fully saturated rings. The van der Waals surface area contributed by atoms with Gasteiger partial charge in [-0.15, -0.1) is 0 Å². The Bertz CT molecular complexity index is 562. The van der Waals surface area contributed by atoms with Crippen molar-refractivity contribution in [2.75, 3.05) is 13.1 Å². The van der Waals surface area contributed by atoms with E-state index in [1.165, 1.54) is 6.20 Å². The first kappa shape index (κ1) is 16.2. The van der Waals surface area contributed by atoms with Gasteiger partial charge in [0.1, 0.15) is 10.6 Å².